The first-order valence-electron chi connectivity index (χ1n) is 7.58. The van der Waals surface area contributed by atoms with Gasteiger partial charge in [0, 0.05) is 17.8 Å². The minimum Gasteiger partial charge on any atom is -0.492 e. The van der Waals surface area contributed by atoms with Crippen molar-refractivity contribution in [1.29, 1.82) is 0 Å². The second kappa shape index (κ2) is 8.33. The molecule has 0 aliphatic heterocycles. The maximum atomic E-state index is 12.8. The van der Waals surface area contributed by atoms with Gasteiger partial charge in [0.2, 0.25) is 15.9 Å². The van der Waals surface area contributed by atoms with Crippen LogP contribution in [0.15, 0.2) is 53.4 Å². The van der Waals surface area contributed by atoms with Gasteiger partial charge in [-0.1, -0.05) is 29.8 Å². The van der Waals surface area contributed by atoms with E-state index in [1.807, 2.05) is 6.07 Å². The lowest BCUT2D eigenvalue weighted by atomic mass is 10.3. The predicted molar refractivity (Wildman–Crippen MR) is 97.5 cm³/mol. The molecule has 0 unspecified atom stereocenters. The Bertz CT molecular complexity index is 841. The number of nitrogens with zero attached hydrogens (tertiary/aromatic N) is 1. The lowest BCUT2D eigenvalue weighted by Gasteiger charge is -2.19. The Balaban J connectivity index is 2.18. The van der Waals surface area contributed by atoms with E-state index in [0.29, 0.717) is 12.3 Å². The van der Waals surface area contributed by atoms with Crippen molar-refractivity contribution in [2.45, 2.75) is 11.8 Å². The lowest BCUT2D eigenvalue weighted by Crippen LogP contribution is -2.35. The summed E-state index contributed by atoms with van der Waals surface area (Å²) in [4.78, 5) is 12.0. The fourth-order valence-corrected chi connectivity index (χ4v) is 3.65. The Hall–Kier alpha value is -2.09. The van der Waals surface area contributed by atoms with E-state index in [0.717, 1.165) is 4.31 Å². The van der Waals surface area contributed by atoms with Gasteiger partial charge < -0.3 is 10.1 Å². The summed E-state index contributed by atoms with van der Waals surface area (Å²) in [5, 5.41) is 2.91. The molecule has 134 valence electrons. The van der Waals surface area contributed by atoms with E-state index in [2.05, 4.69) is 5.32 Å². The van der Waals surface area contributed by atoms with Crippen LogP contribution in [-0.4, -0.2) is 38.8 Å². The van der Waals surface area contributed by atoms with Gasteiger partial charge in [0.1, 0.15) is 10.6 Å². The molecule has 0 aromatic heterocycles. The van der Waals surface area contributed by atoms with Gasteiger partial charge in [-0.15, -0.1) is 0 Å². The molecule has 2 aromatic rings. The van der Waals surface area contributed by atoms with Crippen LogP contribution in [-0.2, 0) is 14.8 Å². The van der Waals surface area contributed by atoms with E-state index in [9.17, 15) is 13.2 Å². The number of sulfonamides is 1. The summed E-state index contributed by atoms with van der Waals surface area (Å²) >= 11 is 5.92. The second-order valence-corrected chi connectivity index (χ2v) is 7.65. The van der Waals surface area contributed by atoms with Gasteiger partial charge in [-0.05, 0) is 37.3 Å². The zero-order valence-corrected chi connectivity index (χ0v) is 15.5. The number of likely N-dealkylation sites (N-methyl/N-ethyl adjacent to an activating group) is 1. The normalized spacial score (nSPS) is 11.4. The molecule has 0 atom stereocenters. The fraction of sp³-hybridized carbons (Fsp3) is 0.235. The molecule has 8 heteroatoms. The third-order valence-electron chi connectivity index (χ3n) is 3.32. The average molecular weight is 383 g/mol. The molecule has 0 spiro atoms. The van der Waals surface area contributed by atoms with Crippen molar-refractivity contribution >= 4 is 33.2 Å². The summed E-state index contributed by atoms with van der Waals surface area (Å²) in [6.45, 7) is 1.72. The Labute approximate surface area is 152 Å². The number of carbonyl (C=O) groups excluding carboxylic acids is 1. The Morgan fingerprint density at radius 3 is 2.52 bits per heavy atom. The highest BCUT2D eigenvalue weighted by Gasteiger charge is 2.27. The first kappa shape index (κ1) is 19.2. The highest BCUT2D eigenvalue weighted by molar-refractivity contribution is 7.89. The SMILES string of the molecule is CCOc1ccc(Cl)cc1S(=O)(=O)N(C)CC(=O)Nc1ccccc1. The summed E-state index contributed by atoms with van der Waals surface area (Å²) in [6, 6.07) is 13.2. The summed E-state index contributed by atoms with van der Waals surface area (Å²) in [6.07, 6.45) is 0. The van der Waals surface area contributed by atoms with Gasteiger partial charge >= 0.3 is 0 Å². The first-order valence-corrected chi connectivity index (χ1v) is 9.40. The van der Waals surface area contributed by atoms with Crippen LogP contribution in [0.2, 0.25) is 5.02 Å². The summed E-state index contributed by atoms with van der Waals surface area (Å²) < 4.78 is 31.9. The van der Waals surface area contributed by atoms with Gasteiger partial charge in [0.25, 0.3) is 0 Å². The van der Waals surface area contributed by atoms with Gasteiger partial charge in [0.05, 0.1) is 13.2 Å². The van der Waals surface area contributed by atoms with Crippen LogP contribution in [0.25, 0.3) is 0 Å². The van der Waals surface area contributed by atoms with Crippen molar-refractivity contribution in [1.82, 2.24) is 4.31 Å². The topological polar surface area (TPSA) is 75.7 Å². The molecule has 25 heavy (non-hydrogen) atoms. The van der Waals surface area contributed by atoms with Gasteiger partial charge in [-0.3, -0.25) is 4.79 Å². The van der Waals surface area contributed by atoms with Crippen molar-refractivity contribution in [3.63, 3.8) is 0 Å². The number of amides is 1. The minimum atomic E-state index is -3.94. The molecule has 0 fully saturated rings. The van der Waals surface area contributed by atoms with Crippen LogP contribution in [0.3, 0.4) is 0 Å². The monoisotopic (exact) mass is 382 g/mol. The van der Waals surface area contributed by atoms with E-state index in [4.69, 9.17) is 16.3 Å². The van der Waals surface area contributed by atoms with E-state index in [-0.39, 0.29) is 22.2 Å². The van der Waals surface area contributed by atoms with Crippen LogP contribution in [0.4, 0.5) is 5.69 Å². The molecule has 6 nitrogen and oxygen atoms in total. The molecule has 2 aromatic carbocycles. The fourth-order valence-electron chi connectivity index (χ4n) is 2.14. The summed E-state index contributed by atoms with van der Waals surface area (Å²) in [5.74, 6) is -0.250. The number of hydrogen-bond donors (Lipinski definition) is 1. The number of para-hydroxylation sites is 1. The predicted octanol–water partition coefficient (Wildman–Crippen LogP) is 3.00. The second-order valence-electron chi connectivity index (χ2n) is 5.20. The van der Waals surface area contributed by atoms with Crippen molar-refractivity contribution in [2.75, 3.05) is 25.5 Å². The molecule has 0 radical (unpaired) electrons. The Kier molecular flexibility index (Phi) is 6.41. The maximum absolute atomic E-state index is 12.8. The van der Waals surface area contributed by atoms with Crippen molar-refractivity contribution in [2.24, 2.45) is 0 Å². The van der Waals surface area contributed by atoms with E-state index < -0.39 is 15.9 Å². The standard InChI is InChI=1S/C17H19ClN2O4S/c1-3-24-15-10-9-13(18)11-16(15)25(22,23)20(2)12-17(21)19-14-7-5-4-6-8-14/h4-11H,3,12H2,1-2H3,(H,19,21). The highest BCUT2D eigenvalue weighted by atomic mass is 35.5. The van der Waals surface area contributed by atoms with Crippen molar-refractivity contribution < 1.29 is 17.9 Å². The number of anilines is 1. The van der Waals surface area contributed by atoms with Gasteiger partial charge in [0.15, 0.2) is 0 Å². The van der Waals surface area contributed by atoms with E-state index in [1.165, 1.54) is 19.2 Å². The molecular formula is C17H19ClN2O4S. The van der Waals surface area contributed by atoms with Crippen LogP contribution in [0.1, 0.15) is 6.92 Å². The number of hydrogen-bond acceptors (Lipinski definition) is 4. The number of nitrogens with one attached hydrogen (secondary N) is 1. The minimum absolute atomic E-state index is 0.0724. The maximum Gasteiger partial charge on any atom is 0.247 e. The van der Waals surface area contributed by atoms with Crippen LogP contribution in [0.5, 0.6) is 5.75 Å². The lowest BCUT2D eigenvalue weighted by molar-refractivity contribution is -0.116. The molecule has 0 bridgehead atoms. The molecule has 0 saturated heterocycles. The third kappa shape index (κ3) is 4.94. The number of benzene rings is 2. The van der Waals surface area contributed by atoms with Crippen molar-refractivity contribution in [3.05, 3.63) is 53.6 Å². The smallest absolute Gasteiger partial charge is 0.247 e. The molecule has 0 saturated carbocycles. The largest absolute Gasteiger partial charge is 0.492 e. The zero-order valence-electron chi connectivity index (χ0n) is 13.9. The van der Waals surface area contributed by atoms with Crippen LogP contribution in [0, 0.1) is 0 Å². The first-order chi connectivity index (χ1) is 11.8. The molecule has 2 rings (SSSR count). The third-order valence-corrected chi connectivity index (χ3v) is 5.38. The number of ether oxygens (including phenoxy) is 1. The molecular weight excluding hydrogens is 364 g/mol. The van der Waals surface area contributed by atoms with Gasteiger partial charge in [-0.25, -0.2) is 8.42 Å². The number of halogens is 1. The molecule has 0 aliphatic rings. The average Bonchev–Trinajstić information content (AvgIpc) is 2.57. The molecule has 1 N–H and O–H groups in total. The molecule has 0 heterocycles. The molecule has 0 aliphatic carbocycles. The zero-order chi connectivity index (χ0) is 18.4. The number of rotatable bonds is 7. The Morgan fingerprint density at radius 1 is 1.20 bits per heavy atom. The number of carbonyl (C=O) groups is 1. The van der Waals surface area contributed by atoms with Gasteiger partial charge in [-0.2, -0.15) is 4.31 Å². The van der Waals surface area contributed by atoms with Crippen LogP contribution >= 0.6 is 11.6 Å². The quantitative estimate of drug-likeness (QED) is 0.798. The molecule has 1 amide bonds. The van der Waals surface area contributed by atoms with E-state index in [1.54, 1.807) is 37.3 Å². The highest BCUT2D eigenvalue weighted by Crippen LogP contribution is 2.29. The van der Waals surface area contributed by atoms with E-state index >= 15 is 0 Å². The van der Waals surface area contributed by atoms with Crippen LogP contribution < -0.4 is 10.1 Å². The summed E-state index contributed by atoms with van der Waals surface area (Å²) in [7, 11) is -2.61. The summed E-state index contributed by atoms with van der Waals surface area (Å²) in [5.41, 5.74) is 0.594. The Morgan fingerprint density at radius 2 is 1.88 bits per heavy atom. The van der Waals surface area contributed by atoms with Crippen molar-refractivity contribution in [3.8, 4) is 5.75 Å².